The zero-order chi connectivity index (χ0) is 26.4. The number of aliphatic hydroxyl groups is 2. The number of anilines is 1. The first-order chi connectivity index (χ1) is 17.1. The third-order valence-corrected chi connectivity index (χ3v) is 5.31. The Balaban J connectivity index is 1.73. The lowest BCUT2D eigenvalue weighted by atomic mass is 10.0. The van der Waals surface area contributed by atoms with Crippen molar-refractivity contribution in [1.29, 1.82) is 0 Å². The highest BCUT2D eigenvalue weighted by molar-refractivity contribution is 5.99. The zero-order valence-electron chi connectivity index (χ0n) is 20.3. The molecule has 36 heavy (non-hydrogen) atoms. The summed E-state index contributed by atoms with van der Waals surface area (Å²) in [5, 5.41) is 25.3. The van der Waals surface area contributed by atoms with Crippen molar-refractivity contribution >= 4 is 17.6 Å². The topological polar surface area (TPSA) is 126 Å². The molecule has 0 saturated heterocycles. The van der Waals surface area contributed by atoms with Crippen LogP contribution >= 0.6 is 0 Å². The fourth-order valence-corrected chi connectivity index (χ4v) is 3.68. The predicted molar refractivity (Wildman–Crippen MR) is 125 cm³/mol. The Kier molecular flexibility index (Phi) is 8.99. The van der Waals surface area contributed by atoms with Gasteiger partial charge in [0.15, 0.2) is 17.4 Å². The molecule has 1 aromatic carbocycles. The van der Waals surface area contributed by atoms with E-state index in [0.717, 1.165) is 18.2 Å². The van der Waals surface area contributed by atoms with E-state index in [1.807, 2.05) is 13.8 Å². The normalized spacial score (nSPS) is 15.2. The summed E-state index contributed by atoms with van der Waals surface area (Å²) in [7, 11) is 0. The lowest BCUT2D eigenvalue weighted by Gasteiger charge is -2.28. The Bertz CT molecular complexity index is 1120. The Morgan fingerprint density at radius 1 is 1.28 bits per heavy atom. The van der Waals surface area contributed by atoms with Crippen molar-refractivity contribution in [2.24, 2.45) is 5.92 Å². The minimum absolute atomic E-state index is 0.0183. The van der Waals surface area contributed by atoms with Crippen molar-refractivity contribution in [1.82, 2.24) is 14.7 Å². The predicted octanol–water partition coefficient (Wildman–Crippen LogP) is 2.07. The second-order valence-electron chi connectivity index (χ2n) is 8.69. The third-order valence-electron chi connectivity index (χ3n) is 5.31. The highest BCUT2D eigenvalue weighted by Crippen LogP contribution is 2.32. The van der Waals surface area contributed by atoms with E-state index in [2.05, 4.69) is 10.4 Å². The van der Waals surface area contributed by atoms with E-state index in [-0.39, 0.29) is 42.9 Å². The molecule has 0 aliphatic carbocycles. The van der Waals surface area contributed by atoms with E-state index in [0.29, 0.717) is 6.42 Å². The summed E-state index contributed by atoms with van der Waals surface area (Å²) in [5.41, 5.74) is 0. The van der Waals surface area contributed by atoms with E-state index in [1.165, 1.54) is 21.8 Å². The van der Waals surface area contributed by atoms with Gasteiger partial charge in [-0.1, -0.05) is 13.8 Å². The number of hydrogen-bond donors (Lipinski definition) is 3. The maximum atomic E-state index is 14.7. The number of benzene rings is 1. The van der Waals surface area contributed by atoms with Crippen LogP contribution in [-0.2, 0) is 16.1 Å². The molecule has 2 amide bonds. The maximum Gasteiger partial charge on any atom is 0.251 e. The molecule has 0 saturated carbocycles. The van der Waals surface area contributed by atoms with Crippen molar-refractivity contribution in [3.63, 3.8) is 0 Å². The number of hydrogen-bond acceptors (Lipinski definition) is 7. The van der Waals surface area contributed by atoms with Crippen LogP contribution in [0.2, 0.25) is 0 Å². The summed E-state index contributed by atoms with van der Waals surface area (Å²) >= 11 is 0. The highest BCUT2D eigenvalue weighted by Gasteiger charge is 2.35. The van der Waals surface area contributed by atoms with Gasteiger partial charge in [0.2, 0.25) is 17.5 Å². The van der Waals surface area contributed by atoms with Crippen LogP contribution in [0.25, 0.3) is 0 Å². The monoisotopic (exact) mass is 508 g/mol. The van der Waals surface area contributed by atoms with Gasteiger partial charge in [0.05, 0.1) is 32.4 Å². The minimum Gasteiger partial charge on any atom is -0.491 e. The molecule has 10 nitrogen and oxygen atoms in total. The third kappa shape index (κ3) is 6.58. The van der Waals surface area contributed by atoms with Crippen molar-refractivity contribution in [2.75, 3.05) is 25.1 Å². The molecule has 1 aromatic heterocycles. The fraction of sp³-hybridized carbons (Fsp3) is 0.458. The number of carbonyl (C=O) groups is 2. The second-order valence-corrected chi connectivity index (χ2v) is 8.69. The number of halogens is 2. The molecule has 1 aliphatic heterocycles. The van der Waals surface area contributed by atoms with Gasteiger partial charge in [-0.3, -0.25) is 14.3 Å². The van der Waals surface area contributed by atoms with Crippen LogP contribution < -0.4 is 14.8 Å². The van der Waals surface area contributed by atoms with Crippen LogP contribution in [0.5, 0.6) is 11.5 Å². The van der Waals surface area contributed by atoms with Crippen LogP contribution in [0.3, 0.4) is 0 Å². The summed E-state index contributed by atoms with van der Waals surface area (Å²) in [6.07, 6.45) is 1.93. The number of aliphatic hydroxyl groups excluding tert-OH is 2. The SMILES string of the molecule is CCOc1ccc(F)c(OC2=CC(=O)N([C@@H](CC(C)C)C(=O)Nc3ccn(C[C@@H](O)CO)n3)C2)c1F. The quantitative estimate of drug-likeness (QED) is 0.401. The molecule has 1 aliphatic rings. The van der Waals surface area contributed by atoms with E-state index in [9.17, 15) is 23.5 Å². The number of carbonyl (C=O) groups excluding carboxylic acids is 2. The van der Waals surface area contributed by atoms with Gasteiger partial charge in [0.1, 0.15) is 11.8 Å². The molecule has 3 N–H and O–H groups in total. The average molecular weight is 509 g/mol. The number of nitrogens with zero attached hydrogens (tertiary/aromatic N) is 3. The van der Waals surface area contributed by atoms with Gasteiger partial charge in [-0.2, -0.15) is 9.49 Å². The number of rotatable bonds is 12. The Morgan fingerprint density at radius 2 is 2.03 bits per heavy atom. The van der Waals surface area contributed by atoms with E-state index in [4.69, 9.17) is 14.6 Å². The van der Waals surface area contributed by atoms with E-state index < -0.39 is 48.0 Å². The average Bonchev–Trinajstić information content (AvgIpc) is 3.42. The van der Waals surface area contributed by atoms with Crippen LogP contribution in [0.15, 0.2) is 36.2 Å². The zero-order valence-corrected chi connectivity index (χ0v) is 20.3. The van der Waals surface area contributed by atoms with Crippen LogP contribution in [0.1, 0.15) is 27.2 Å². The number of aromatic nitrogens is 2. The van der Waals surface area contributed by atoms with Crippen molar-refractivity contribution in [3.8, 4) is 11.5 Å². The fourth-order valence-electron chi connectivity index (χ4n) is 3.68. The van der Waals surface area contributed by atoms with Crippen molar-refractivity contribution < 1.29 is 38.1 Å². The molecule has 0 fully saturated rings. The molecule has 0 radical (unpaired) electrons. The first-order valence-electron chi connectivity index (χ1n) is 11.6. The van der Waals surface area contributed by atoms with Gasteiger partial charge in [-0.05, 0) is 31.4 Å². The summed E-state index contributed by atoms with van der Waals surface area (Å²) in [4.78, 5) is 27.1. The standard InChI is InChI=1S/C24H30F2N4O6/c1-4-35-19-6-5-17(25)23(22(19)26)36-16-10-21(33)30(12-16)18(9-14(2)3)24(34)27-20-7-8-29(28-20)11-15(32)13-31/h5-8,10,14-15,18,31-32H,4,9,11-13H2,1-3H3,(H,27,28,34)/t15-,18+/m1/s1. The van der Waals surface area contributed by atoms with Gasteiger partial charge in [-0.15, -0.1) is 0 Å². The highest BCUT2D eigenvalue weighted by atomic mass is 19.1. The molecular formula is C24H30F2N4O6. The Morgan fingerprint density at radius 3 is 2.69 bits per heavy atom. The van der Waals surface area contributed by atoms with Gasteiger partial charge in [0, 0.05) is 18.3 Å². The number of nitrogens with one attached hydrogen (secondary N) is 1. The molecule has 0 unspecified atom stereocenters. The molecule has 196 valence electrons. The maximum absolute atomic E-state index is 14.7. The molecular weight excluding hydrogens is 478 g/mol. The summed E-state index contributed by atoms with van der Waals surface area (Å²) in [6.45, 7) is 5.04. The van der Waals surface area contributed by atoms with Crippen LogP contribution in [0, 0.1) is 17.6 Å². The minimum atomic E-state index is -1.03. The summed E-state index contributed by atoms with van der Waals surface area (Å²) in [6, 6.07) is 2.76. The lowest BCUT2D eigenvalue weighted by Crippen LogP contribution is -2.46. The Labute approximate surface area is 207 Å². The molecule has 2 aromatic rings. The molecule has 0 spiro atoms. The lowest BCUT2D eigenvalue weighted by molar-refractivity contribution is -0.133. The van der Waals surface area contributed by atoms with E-state index >= 15 is 0 Å². The molecule has 2 atom stereocenters. The number of amides is 2. The molecule has 3 rings (SSSR count). The first-order valence-corrected chi connectivity index (χ1v) is 11.6. The van der Waals surface area contributed by atoms with Crippen molar-refractivity contribution in [3.05, 3.63) is 47.9 Å². The second kappa shape index (κ2) is 12.0. The van der Waals surface area contributed by atoms with Crippen LogP contribution in [-0.4, -0.2) is 68.6 Å². The number of ether oxygens (including phenoxy) is 2. The largest absolute Gasteiger partial charge is 0.491 e. The van der Waals surface area contributed by atoms with Crippen LogP contribution in [0.4, 0.5) is 14.6 Å². The first kappa shape index (κ1) is 27.1. The summed E-state index contributed by atoms with van der Waals surface area (Å²) < 4.78 is 40.8. The van der Waals surface area contributed by atoms with Gasteiger partial charge in [-0.25, -0.2) is 4.39 Å². The smallest absolute Gasteiger partial charge is 0.251 e. The van der Waals surface area contributed by atoms with Gasteiger partial charge >= 0.3 is 0 Å². The molecule has 12 heteroatoms. The van der Waals surface area contributed by atoms with Gasteiger partial charge in [0.25, 0.3) is 5.91 Å². The molecule has 0 bridgehead atoms. The Hall–Kier alpha value is -3.51. The summed E-state index contributed by atoms with van der Waals surface area (Å²) in [5.74, 6) is -3.68. The molecule has 2 heterocycles. The van der Waals surface area contributed by atoms with Crippen molar-refractivity contribution in [2.45, 2.75) is 45.9 Å². The van der Waals surface area contributed by atoms with Gasteiger partial charge < -0.3 is 29.9 Å². The van der Waals surface area contributed by atoms with E-state index in [1.54, 1.807) is 6.92 Å².